The quantitative estimate of drug-likeness (QED) is 0.769. The number of hydrogen-bond donors (Lipinski definition) is 2. The fourth-order valence-corrected chi connectivity index (χ4v) is 3.52. The average molecular weight is 422 g/mol. The van der Waals surface area contributed by atoms with E-state index >= 15 is 0 Å². The molecule has 0 aliphatic heterocycles. The number of furan rings is 1. The molecule has 3 rings (SSSR count). The number of nitrogens with zero attached hydrogens (tertiary/aromatic N) is 3. The number of hydrogen-bond acceptors (Lipinski definition) is 6. The summed E-state index contributed by atoms with van der Waals surface area (Å²) < 4.78 is 5.86. The molecule has 1 aliphatic rings. The van der Waals surface area contributed by atoms with Crippen LogP contribution >= 0.6 is 15.9 Å². The first kappa shape index (κ1) is 18.7. The Morgan fingerprint density at radius 2 is 1.92 bits per heavy atom. The van der Waals surface area contributed by atoms with Gasteiger partial charge in [0, 0.05) is 37.9 Å². The van der Waals surface area contributed by atoms with Crippen LogP contribution in [0.3, 0.4) is 0 Å². The third-order valence-corrected chi connectivity index (χ3v) is 4.99. The van der Waals surface area contributed by atoms with E-state index < -0.39 is 0 Å². The lowest BCUT2D eigenvalue weighted by Crippen LogP contribution is -2.40. The predicted molar refractivity (Wildman–Crippen MR) is 105 cm³/mol. The first-order valence-corrected chi connectivity index (χ1v) is 9.55. The van der Waals surface area contributed by atoms with Crippen LogP contribution in [0.2, 0.25) is 0 Å². The lowest BCUT2D eigenvalue weighted by atomic mass is 9.91. The van der Waals surface area contributed by atoms with Crippen molar-refractivity contribution in [2.45, 2.75) is 44.7 Å². The van der Waals surface area contributed by atoms with Crippen molar-refractivity contribution in [3.63, 3.8) is 0 Å². The van der Waals surface area contributed by atoms with Gasteiger partial charge >= 0.3 is 0 Å². The molecule has 1 fully saturated rings. The summed E-state index contributed by atoms with van der Waals surface area (Å²) in [5, 5.41) is 6.47. The second-order valence-electron chi connectivity index (χ2n) is 6.86. The highest BCUT2D eigenvalue weighted by molar-refractivity contribution is 9.10. The first-order chi connectivity index (χ1) is 12.4. The molecule has 0 unspecified atom stereocenters. The minimum atomic E-state index is -0.162. The van der Waals surface area contributed by atoms with Crippen molar-refractivity contribution in [1.82, 2.24) is 15.3 Å². The summed E-state index contributed by atoms with van der Waals surface area (Å²) >= 11 is 3.21. The molecule has 2 aromatic rings. The van der Waals surface area contributed by atoms with Crippen LogP contribution in [0, 0.1) is 6.92 Å². The number of anilines is 2. The van der Waals surface area contributed by atoms with Crippen LogP contribution in [0.5, 0.6) is 0 Å². The monoisotopic (exact) mass is 421 g/mol. The van der Waals surface area contributed by atoms with Crippen LogP contribution in [-0.4, -0.2) is 42.1 Å². The molecule has 1 amide bonds. The minimum Gasteiger partial charge on any atom is -0.444 e. The Morgan fingerprint density at radius 1 is 1.23 bits per heavy atom. The van der Waals surface area contributed by atoms with Crippen LogP contribution in [-0.2, 0) is 0 Å². The molecule has 0 aromatic carbocycles. The second-order valence-corrected chi connectivity index (χ2v) is 7.65. The van der Waals surface area contributed by atoms with E-state index in [0.717, 1.165) is 37.1 Å². The maximum atomic E-state index is 12.2. The highest BCUT2D eigenvalue weighted by atomic mass is 79.9. The van der Waals surface area contributed by atoms with Crippen molar-refractivity contribution in [1.29, 1.82) is 0 Å². The number of carbonyl (C=O) groups excluding carboxylic acids is 1. The molecule has 2 N–H and O–H groups in total. The molecular weight excluding hydrogens is 398 g/mol. The summed E-state index contributed by atoms with van der Waals surface area (Å²) in [6, 6.07) is 3.88. The van der Waals surface area contributed by atoms with Gasteiger partial charge in [-0.2, -0.15) is 4.98 Å². The highest BCUT2D eigenvalue weighted by Crippen LogP contribution is 2.23. The Labute approximate surface area is 161 Å². The molecular formula is C18H24BrN5O2. The highest BCUT2D eigenvalue weighted by Gasteiger charge is 2.24. The SMILES string of the molecule is Cc1cnc(N[C@H]2CC[C@@H](NC(=O)c3ccc(Br)o3)CC2)nc1N(C)C. The van der Waals surface area contributed by atoms with Gasteiger partial charge in [0.1, 0.15) is 5.82 Å². The Balaban J connectivity index is 1.51. The molecule has 2 heterocycles. The molecule has 26 heavy (non-hydrogen) atoms. The molecule has 2 aromatic heterocycles. The van der Waals surface area contributed by atoms with Crippen molar-refractivity contribution < 1.29 is 9.21 Å². The molecule has 8 heteroatoms. The number of nitrogens with one attached hydrogen (secondary N) is 2. The average Bonchev–Trinajstić information content (AvgIpc) is 3.05. The number of carbonyl (C=O) groups is 1. The predicted octanol–water partition coefficient (Wildman–Crippen LogP) is 3.36. The van der Waals surface area contributed by atoms with Gasteiger partial charge in [-0.25, -0.2) is 4.98 Å². The van der Waals surface area contributed by atoms with Crippen molar-refractivity contribution >= 4 is 33.6 Å². The zero-order valence-electron chi connectivity index (χ0n) is 15.3. The lowest BCUT2D eigenvalue weighted by molar-refractivity contribution is 0.0897. The number of halogens is 1. The minimum absolute atomic E-state index is 0.162. The Kier molecular flexibility index (Phi) is 5.80. The van der Waals surface area contributed by atoms with Gasteiger partial charge in [0.05, 0.1) is 0 Å². The van der Waals surface area contributed by atoms with Gasteiger partial charge in [0.2, 0.25) is 5.95 Å². The van der Waals surface area contributed by atoms with E-state index in [0.29, 0.717) is 22.4 Å². The maximum absolute atomic E-state index is 12.2. The largest absolute Gasteiger partial charge is 0.444 e. The van der Waals surface area contributed by atoms with Crippen LogP contribution in [0.15, 0.2) is 27.4 Å². The van der Waals surface area contributed by atoms with Gasteiger partial charge in [-0.1, -0.05) is 0 Å². The fraction of sp³-hybridized carbons (Fsp3) is 0.500. The van der Waals surface area contributed by atoms with Gasteiger partial charge in [-0.05, 0) is 60.7 Å². The maximum Gasteiger partial charge on any atom is 0.287 e. The molecule has 7 nitrogen and oxygen atoms in total. The number of aryl methyl sites for hydroxylation is 1. The first-order valence-electron chi connectivity index (χ1n) is 8.76. The van der Waals surface area contributed by atoms with Crippen molar-refractivity contribution in [2.75, 3.05) is 24.3 Å². The fourth-order valence-electron chi connectivity index (χ4n) is 3.21. The van der Waals surface area contributed by atoms with Crippen LogP contribution in [0.25, 0.3) is 0 Å². The molecule has 1 saturated carbocycles. The van der Waals surface area contributed by atoms with E-state index in [1.54, 1.807) is 12.1 Å². The zero-order chi connectivity index (χ0) is 18.7. The molecule has 0 bridgehead atoms. The third-order valence-electron chi connectivity index (χ3n) is 4.56. The van der Waals surface area contributed by atoms with E-state index in [1.807, 2.05) is 32.1 Å². The van der Waals surface area contributed by atoms with Crippen molar-refractivity contribution in [3.8, 4) is 0 Å². The van der Waals surface area contributed by atoms with E-state index in [2.05, 4.69) is 36.5 Å². The summed E-state index contributed by atoms with van der Waals surface area (Å²) in [7, 11) is 3.95. The van der Waals surface area contributed by atoms with E-state index in [1.165, 1.54) is 0 Å². The summed E-state index contributed by atoms with van der Waals surface area (Å²) in [6.45, 7) is 2.00. The molecule has 1 aliphatic carbocycles. The molecule has 0 spiro atoms. The normalized spacial score (nSPS) is 19.8. The van der Waals surface area contributed by atoms with Crippen molar-refractivity contribution in [2.24, 2.45) is 0 Å². The summed E-state index contributed by atoms with van der Waals surface area (Å²) in [5.74, 6) is 1.76. The standard InChI is InChI=1S/C18H24BrN5O2/c1-11-10-20-18(23-16(11)24(2)3)22-13-6-4-12(5-7-13)21-17(25)14-8-9-15(19)26-14/h8-10,12-13H,4-7H2,1-3H3,(H,21,25)(H,20,22,23)/t12-,13+. The number of aromatic nitrogens is 2. The van der Waals surface area contributed by atoms with Crippen molar-refractivity contribution in [3.05, 3.63) is 34.3 Å². The summed E-state index contributed by atoms with van der Waals surface area (Å²) in [4.78, 5) is 23.1. The lowest BCUT2D eigenvalue weighted by Gasteiger charge is -2.29. The molecule has 0 atom stereocenters. The Bertz CT molecular complexity index is 769. The molecule has 0 saturated heterocycles. The third kappa shape index (κ3) is 4.55. The van der Waals surface area contributed by atoms with E-state index in [-0.39, 0.29) is 11.9 Å². The zero-order valence-corrected chi connectivity index (χ0v) is 16.8. The molecule has 140 valence electrons. The van der Waals surface area contributed by atoms with Crippen LogP contribution in [0.1, 0.15) is 41.8 Å². The topological polar surface area (TPSA) is 83.3 Å². The van der Waals surface area contributed by atoms with E-state index in [9.17, 15) is 4.79 Å². The van der Waals surface area contributed by atoms with Crippen LogP contribution in [0.4, 0.5) is 11.8 Å². The summed E-state index contributed by atoms with van der Waals surface area (Å²) in [5.41, 5.74) is 1.05. The van der Waals surface area contributed by atoms with Gasteiger partial charge in [-0.15, -0.1) is 0 Å². The van der Waals surface area contributed by atoms with Gasteiger partial charge < -0.3 is 20.0 Å². The smallest absolute Gasteiger partial charge is 0.287 e. The Morgan fingerprint density at radius 3 is 2.54 bits per heavy atom. The van der Waals surface area contributed by atoms with E-state index in [4.69, 9.17) is 4.42 Å². The van der Waals surface area contributed by atoms with Gasteiger partial charge in [-0.3, -0.25) is 4.79 Å². The molecule has 0 radical (unpaired) electrons. The second kappa shape index (κ2) is 8.07. The van der Waals surface area contributed by atoms with Crippen LogP contribution < -0.4 is 15.5 Å². The van der Waals surface area contributed by atoms with Gasteiger partial charge in [0.25, 0.3) is 5.91 Å². The number of rotatable bonds is 5. The number of amides is 1. The van der Waals surface area contributed by atoms with Gasteiger partial charge in [0.15, 0.2) is 10.4 Å². The summed E-state index contributed by atoms with van der Waals surface area (Å²) in [6.07, 6.45) is 5.59. The Hall–Kier alpha value is -2.09.